The summed E-state index contributed by atoms with van der Waals surface area (Å²) in [6.07, 6.45) is -1.88. The first-order valence-corrected chi connectivity index (χ1v) is 10.5. The summed E-state index contributed by atoms with van der Waals surface area (Å²) < 4.78 is 42.0. The highest BCUT2D eigenvalue weighted by Crippen LogP contribution is 2.36. The van der Waals surface area contributed by atoms with E-state index in [0.717, 1.165) is 25.3 Å². The molecule has 0 aromatic carbocycles. The normalized spacial score (nSPS) is 18.0. The van der Waals surface area contributed by atoms with E-state index in [1.54, 1.807) is 22.4 Å². The molecule has 0 bridgehead atoms. The molecule has 1 fully saturated rings. The van der Waals surface area contributed by atoms with E-state index in [1.165, 1.54) is 11.3 Å². The molecule has 1 aliphatic heterocycles. The molecule has 148 valence electrons. The Kier molecular flexibility index (Phi) is 4.95. The lowest BCUT2D eigenvalue weighted by Gasteiger charge is -2.32. The molecule has 0 aliphatic carbocycles. The molecule has 0 radical (unpaired) electrons. The second-order valence-electron chi connectivity index (χ2n) is 6.74. The molecule has 1 aliphatic rings. The van der Waals surface area contributed by atoms with Crippen LogP contribution in [0, 0.1) is 0 Å². The van der Waals surface area contributed by atoms with Crippen LogP contribution in [-0.4, -0.2) is 38.0 Å². The van der Waals surface area contributed by atoms with Crippen molar-refractivity contribution in [3.8, 4) is 10.6 Å². The van der Waals surface area contributed by atoms with E-state index < -0.39 is 11.9 Å². The van der Waals surface area contributed by atoms with E-state index in [-0.39, 0.29) is 33.5 Å². The maximum absolute atomic E-state index is 13.7. The van der Waals surface area contributed by atoms with Crippen LogP contribution in [0.25, 0.3) is 16.2 Å². The summed E-state index contributed by atoms with van der Waals surface area (Å²) in [7, 11) is 0. The molecule has 0 spiro atoms. The summed E-state index contributed by atoms with van der Waals surface area (Å²) in [5.41, 5.74) is -0.838. The fraction of sp³-hybridized carbons (Fsp3) is 0.389. The monoisotopic (exact) mass is 472 g/mol. The number of halogens is 4. The van der Waals surface area contributed by atoms with E-state index in [9.17, 15) is 18.0 Å². The van der Waals surface area contributed by atoms with Crippen molar-refractivity contribution in [1.82, 2.24) is 19.5 Å². The largest absolute Gasteiger partial charge is 0.433 e. The van der Waals surface area contributed by atoms with Crippen LogP contribution in [0.5, 0.6) is 0 Å². The Morgan fingerprint density at radius 2 is 2.14 bits per heavy atom. The summed E-state index contributed by atoms with van der Waals surface area (Å²) >= 11 is 4.58. The zero-order chi connectivity index (χ0) is 20.1. The van der Waals surface area contributed by atoms with Gasteiger partial charge in [-0.15, -0.1) is 11.3 Å². The van der Waals surface area contributed by atoms with Gasteiger partial charge in [0.15, 0.2) is 17.0 Å². The third kappa shape index (κ3) is 3.32. The predicted molar refractivity (Wildman–Crippen MR) is 103 cm³/mol. The van der Waals surface area contributed by atoms with Crippen molar-refractivity contribution < 1.29 is 18.0 Å². The fourth-order valence-corrected chi connectivity index (χ4v) is 4.61. The van der Waals surface area contributed by atoms with Crippen LogP contribution in [0.4, 0.5) is 13.2 Å². The number of hydrogen-bond donors (Lipinski definition) is 0. The zero-order valence-electron chi connectivity index (χ0n) is 14.8. The first kappa shape index (κ1) is 19.4. The number of carbonyl (C=O) groups is 1. The highest BCUT2D eigenvalue weighted by atomic mass is 79.9. The number of thiophene rings is 1. The molecule has 3 aromatic heterocycles. The van der Waals surface area contributed by atoms with Crippen molar-refractivity contribution in [3.63, 3.8) is 0 Å². The SMILES string of the molecule is C[C@H]1CCCCN1C(=O)c1nn2c(C(F)(F)F)cc(-c3cccs3)nc2c1Br. The Hall–Kier alpha value is -1.94. The molecule has 1 amide bonds. The van der Waals surface area contributed by atoms with Crippen LogP contribution in [0.15, 0.2) is 28.1 Å². The first-order chi connectivity index (χ1) is 13.3. The smallest absolute Gasteiger partial charge is 0.335 e. The van der Waals surface area contributed by atoms with Crippen LogP contribution in [0.1, 0.15) is 42.4 Å². The second-order valence-corrected chi connectivity index (χ2v) is 8.48. The number of rotatable bonds is 2. The second kappa shape index (κ2) is 7.14. The molecular weight excluding hydrogens is 457 g/mol. The number of nitrogens with zero attached hydrogens (tertiary/aromatic N) is 4. The Morgan fingerprint density at radius 3 is 2.79 bits per heavy atom. The number of piperidine rings is 1. The number of likely N-dealkylation sites (tertiary alicyclic amines) is 1. The van der Waals surface area contributed by atoms with Gasteiger partial charge in [-0.25, -0.2) is 9.50 Å². The molecule has 0 N–H and O–H groups in total. The van der Waals surface area contributed by atoms with Gasteiger partial charge in [0.25, 0.3) is 5.91 Å². The van der Waals surface area contributed by atoms with Gasteiger partial charge in [-0.05, 0) is 59.6 Å². The molecule has 1 saturated heterocycles. The predicted octanol–water partition coefficient (Wildman–Crippen LogP) is 5.25. The van der Waals surface area contributed by atoms with Gasteiger partial charge in [-0.2, -0.15) is 18.3 Å². The van der Waals surface area contributed by atoms with Gasteiger partial charge < -0.3 is 4.90 Å². The maximum atomic E-state index is 13.7. The molecular formula is C18H16BrF3N4OS. The molecule has 10 heteroatoms. The molecule has 3 aromatic rings. The molecule has 28 heavy (non-hydrogen) atoms. The molecule has 4 heterocycles. The number of carbonyl (C=O) groups excluding carboxylic acids is 1. The third-order valence-corrected chi connectivity index (χ3v) is 6.49. The minimum atomic E-state index is -4.64. The van der Waals surface area contributed by atoms with Crippen LogP contribution in [-0.2, 0) is 6.18 Å². The van der Waals surface area contributed by atoms with Gasteiger partial charge in [0, 0.05) is 12.6 Å². The summed E-state index contributed by atoms with van der Waals surface area (Å²) in [4.78, 5) is 19.6. The fourth-order valence-electron chi connectivity index (χ4n) is 3.42. The minimum absolute atomic E-state index is 0.0220. The zero-order valence-corrected chi connectivity index (χ0v) is 17.2. The number of fused-ring (bicyclic) bond motifs is 1. The van der Waals surface area contributed by atoms with Gasteiger partial charge in [-0.3, -0.25) is 4.79 Å². The molecule has 4 rings (SSSR count). The van der Waals surface area contributed by atoms with Gasteiger partial charge in [0.1, 0.15) is 0 Å². The molecule has 0 saturated carbocycles. The van der Waals surface area contributed by atoms with Crippen molar-refractivity contribution in [2.75, 3.05) is 6.54 Å². The highest BCUT2D eigenvalue weighted by Gasteiger charge is 2.37. The van der Waals surface area contributed by atoms with Crippen LogP contribution >= 0.6 is 27.3 Å². The highest BCUT2D eigenvalue weighted by molar-refractivity contribution is 9.10. The standard InChI is InChI=1S/C18H16BrF3N4OS/c1-10-5-2-3-7-25(10)17(27)15-14(19)16-23-11(12-6-4-8-28-12)9-13(18(20,21)22)26(16)24-15/h4,6,8-10H,2-3,5,7H2,1H3/t10-/m0/s1. The van der Waals surface area contributed by atoms with Crippen molar-refractivity contribution in [3.05, 3.63) is 39.4 Å². The van der Waals surface area contributed by atoms with Crippen molar-refractivity contribution in [2.24, 2.45) is 0 Å². The van der Waals surface area contributed by atoms with Crippen LogP contribution in [0.2, 0.25) is 0 Å². The molecule has 1 atom stereocenters. The van der Waals surface area contributed by atoms with Crippen LogP contribution < -0.4 is 0 Å². The summed E-state index contributed by atoms with van der Waals surface area (Å²) in [6.45, 7) is 2.51. The van der Waals surface area contributed by atoms with E-state index in [1.807, 2.05) is 6.92 Å². The Labute approximate surface area is 171 Å². The van der Waals surface area contributed by atoms with E-state index >= 15 is 0 Å². The average molecular weight is 473 g/mol. The van der Waals surface area contributed by atoms with Gasteiger partial charge in [0.05, 0.1) is 15.0 Å². The summed E-state index contributed by atoms with van der Waals surface area (Å²) in [5, 5.41) is 5.78. The molecule has 0 unspecified atom stereocenters. The van der Waals surface area contributed by atoms with Crippen LogP contribution in [0.3, 0.4) is 0 Å². The number of hydrogen-bond acceptors (Lipinski definition) is 4. The van der Waals surface area contributed by atoms with E-state index in [2.05, 4.69) is 26.0 Å². The minimum Gasteiger partial charge on any atom is -0.335 e. The van der Waals surface area contributed by atoms with Crippen molar-refractivity contribution in [1.29, 1.82) is 0 Å². The van der Waals surface area contributed by atoms with Gasteiger partial charge in [0.2, 0.25) is 0 Å². The average Bonchev–Trinajstić information content (AvgIpc) is 3.29. The summed E-state index contributed by atoms with van der Waals surface area (Å²) in [5.74, 6) is -0.379. The summed E-state index contributed by atoms with van der Waals surface area (Å²) in [6, 6.07) is 4.44. The number of aromatic nitrogens is 3. The van der Waals surface area contributed by atoms with Crippen molar-refractivity contribution in [2.45, 2.75) is 38.4 Å². The first-order valence-electron chi connectivity index (χ1n) is 8.78. The number of alkyl halides is 3. The van der Waals surface area contributed by atoms with Gasteiger partial charge >= 0.3 is 6.18 Å². The molecule has 5 nitrogen and oxygen atoms in total. The van der Waals surface area contributed by atoms with Crippen molar-refractivity contribution >= 4 is 38.8 Å². The van der Waals surface area contributed by atoms with E-state index in [0.29, 0.717) is 15.9 Å². The Balaban J connectivity index is 1.88. The third-order valence-electron chi connectivity index (χ3n) is 4.86. The lowest BCUT2D eigenvalue weighted by molar-refractivity contribution is -0.142. The lowest BCUT2D eigenvalue weighted by atomic mass is 10.0. The lowest BCUT2D eigenvalue weighted by Crippen LogP contribution is -2.42. The van der Waals surface area contributed by atoms with E-state index in [4.69, 9.17) is 0 Å². The Morgan fingerprint density at radius 1 is 1.36 bits per heavy atom. The van der Waals surface area contributed by atoms with Gasteiger partial charge in [-0.1, -0.05) is 6.07 Å². The quantitative estimate of drug-likeness (QED) is 0.511. The number of amides is 1. The Bertz CT molecular complexity index is 1030. The topological polar surface area (TPSA) is 50.5 Å². The maximum Gasteiger partial charge on any atom is 0.433 e.